The minimum absolute atomic E-state index is 0.556. The van der Waals surface area contributed by atoms with E-state index >= 15 is 0 Å². The van der Waals surface area contributed by atoms with Crippen LogP contribution in [0.25, 0.3) is 0 Å². The van der Waals surface area contributed by atoms with Crippen LogP contribution in [0.15, 0.2) is 4.99 Å². The van der Waals surface area contributed by atoms with Gasteiger partial charge in [0.15, 0.2) is 5.96 Å². The number of aromatic nitrogens is 2. The van der Waals surface area contributed by atoms with Gasteiger partial charge in [-0.05, 0) is 33.2 Å². The first-order valence-corrected chi connectivity index (χ1v) is 8.73. The molecular weight excluding hydrogens is 304 g/mol. The van der Waals surface area contributed by atoms with E-state index in [2.05, 4.69) is 32.5 Å². The standard InChI is InChI=1S/C17H32N6O/c1-13-16(14(2)22(4)21-13)12-20-17(18-3)19-11-15-7-6-8-23(15)9-10-24-5/h15H,6-12H2,1-5H3,(H2,18,19,20). The average Bonchev–Trinajstić information content (AvgIpc) is 3.11. The van der Waals surface area contributed by atoms with Gasteiger partial charge in [-0.3, -0.25) is 14.6 Å². The van der Waals surface area contributed by atoms with Crippen molar-refractivity contribution in [2.45, 2.75) is 39.3 Å². The minimum Gasteiger partial charge on any atom is -0.383 e. The number of methoxy groups -OCH3 is 1. The second-order valence-electron chi connectivity index (χ2n) is 6.40. The summed E-state index contributed by atoms with van der Waals surface area (Å²) in [5, 5.41) is 11.3. The highest BCUT2D eigenvalue weighted by Crippen LogP contribution is 2.16. The normalized spacial score (nSPS) is 19.0. The molecule has 7 heteroatoms. The first kappa shape index (κ1) is 18.7. The molecule has 1 aromatic heterocycles. The third-order valence-corrected chi connectivity index (χ3v) is 4.90. The number of guanidine groups is 1. The van der Waals surface area contributed by atoms with Crippen LogP contribution in [0.3, 0.4) is 0 Å². The molecule has 0 bridgehead atoms. The molecule has 1 aliphatic rings. The molecule has 1 fully saturated rings. The smallest absolute Gasteiger partial charge is 0.191 e. The first-order valence-electron chi connectivity index (χ1n) is 8.73. The van der Waals surface area contributed by atoms with E-state index in [0.29, 0.717) is 6.04 Å². The molecule has 0 aromatic carbocycles. The van der Waals surface area contributed by atoms with Crippen LogP contribution < -0.4 is 10.6 Å². The molecule has 1 aliphatic heterocycles. The highest BCUT2D eigenvalue weighted by molar-refractivity contribution is 5.79. The largest absolute Gasteiger partial charge is 0.383 e. The van der Waals surface area contributed by atoms with Crippen LogP contribution >= 0.6 is 0 Å². The van der Waals surface area contributed by atoms with E-state index in [0.717, 1.165) is 44.4 Å². The summed E-state index contributed by atoms with van der Waals surface area (Å²) in [4.78, 5) is 6.84. The summed E-state index contributed by atoms with van der Waals surface area (Å²) >= 11 is 0. The topological polar surface area (TPSA) is 66.7 Å². The quantitative estimate of drug-likeness (QED) is 0.570. The maximum absolute atomic E-state index is 5.20. The summed E-state index contributed by atoms with van der Waals surface area (Å²) in [6, 6.07) is 0.556. The predicted octanol–water partition coefficient (Wildman–Crippen LogP) is 0.813. The fourth-order valence-electron chi connectivity index (χ4n) is 3.31. The zero-order chi connectivity index (χ0) is 17.5. The summed E-state index contributed by atoms with van der Waals surface area (Å²) in [5.41, 5.74) is 3.50. The van der Waals surface area contributed by atoms with Gasteiger partial charge in [-0.1, -0.05) is 0 Å². The zero-order valence-corrected chi connectivity index (χ0v) is 15.7. The Morgan fingerprint density at radius 1 is 1.38 bits per heavy atom. The van der Waals surface area contributed by atoms with Gasteiger partial charge in [-0.15, -0.1) is 0 Å². The molecule has 1 saturated heterocycles. The Balaban J connectivity index is 1.82. The number of hydrogen-bond donors (Lipinski definition) is 2. The first-order chi connectivity index (χ1) is 11.6. The van der Waals surface area contributed by atoms with Gasteiger partial charge in [0.05, 0.1) is 12.3 Å². The molecule has 24 heavy (non-hydrogen) atoms. The molecule has 2 heterocycles. The van der Waals surface area contributed by atoms with Gasteiger partial charge in [0.2, 0.25) is 0 Å². The summed E-state index contributed by atoms with van der Waals surface area (Å²) in [5.74, 6) is 0.844. The summed E-state index contributed by atoms with van der Waals surface area (Å²) in [6.45, 7) is 8.76. The summed E-state index contributed by atoms with van der Waals surface area (Å²) in [7, 11) is 5.56. The van der Waals surface area contributed by atoms with E-state index in [4.69, 9.17) is 4.74 Å². The Labute approximate surface area is 145 Å². The SMILES string of the molecule is CN=C(NCc1c(C)nn(C)c1C)NCC1CCCN1CCOC. The van der Waals surface area contributed by atoms with Gasteiger partial charge in [0, 0.05) is 58.1 Å². The predicted molar refractivity (Wildman–Crippen MR) is 97.4 cm³/mol. The Bertz CT molecular complexity index is 554. The molecule has 136 valence electrons. The third kappa shape index (κ3) is 4.70. The number of ether oxygens (including phenoxy) is 1. The van der Waals surface area contributed by atoms with Crippen LogP contribution in [-0.2, 0) is 18.3 Å². The van der Waals surface area contributed by atoms with Crippen molar-refractivity contribution in [3.8, 4) is 0 Å². The zero-order valence-electron chi connectivity index (χ0n) is 15.7. The molecule has 0 radical (unpaired) electrons. The Morgan fingerprint density at radius 2 is 2.17 bits per heavy atom. The molecule has 0 saturated carbocycles. The number of aryl methyl sites for hydroxylation is 2. The van der Waals surface area contributed by atoms with E-state index in [9.17, 15) is 0 Å². The van der Waals surface area contributed by atoms with E-state index < -0.39 is 0 Å². The van der Waals surface area contributed by atoms with Crippen LogP contribution in [0.1, 0.15) is 29.8 Å². The van der Waals surface area contributed by atoms with Crippen LogP contribution in [0.4, 0.5) is 0 Å². The molecule has 7 nitrogen and oxygen atoms in total. The summed E-state index contributed by atoms with van der Waals surface area (Å²) in [6.07, 6.45) is 2.49. The molecule has 2 N–H and O–H groups in total. The minimum atomic E-state index is 0.556. The number of rotatable bonds is 7. The number of nitrogens with one attached hydrogen (secondary N) is 2. The average molecular weight is 336 g/mol. The lowest BCUT2D eigenvalue weighted by atomic mass is 10.2. The Hall–Kier alpha value is -1.60. The highest BCUT2D eigenvalue weighted by atomic mass is 16.5. The van der Waals surface area contributed by atoms with Crippen LogP contribution in [0.2, 0.25) is 0 Å². The molecule has 0 amide bonds. The van der Waals surface area contributed by atoms with Crippen molar-refractivity contribution >= 4 is 5.96 Å². The second kappa shape index (κ2) is 9.03. The lowest BCUT2D eigenvalue weighted by molar-refractivity contribution is 0.141. The maximum Gasteiger partial charge on any atom is 0.191 e. The molecule has 2 rings (SSSR count). The Kier molecular flexibility index (Phi) is 7.05. The van der Waals surface area contributed by atoms with Gasteiger partial charge in [-0.25, -0.2) is 0 Å². The lowest BCUT2D eigenvalue weighted by Gasteiger charge is -2.25. The second-order valence-corrected chi connectivity index (χ2v) is 6.40. The van der Waals surface area contributed by atoms with Crippen molar-refractivity contribution in [3.63, 3.8) is 0 Å². The van der Waals surface area contributed by atoms with Gasteiger partial charge >= 0.3 is 0 Å². The van der Waals surface area contributed by atoms with Crippen LogP contribution in [-0.4, -0.2) is 67.1 Å². The van der Waals surface area contributed by atoms with Gasteiger partial charge < -0.3 is 15.4 Å². The van der Waals surface area contributed by atoms with Crippen LogP contribution in [0.5, 0.6) is 0 Å². The van der Waals surface area contributed by atoms with Crippen molar-refractivity contribution in [1.29, 1.82) is 0 Å². The summed E-state index contributed by atoms with van der Waals surface area (Å²) < 4.78 is 7.13. The molecule has 0 aliphatic carbocycles. The fraction of sp³-hybridized carbons (Fsp3) is 0.765. The Morgan fingerprint density at radius 3 is 2.79 bits per heavy atom. The fourth-order valence-corrected chi connectivity index (χ4v) is 3.31. The molecule has 1 unspecified atom stereocenters. The monoisotopic (exact) mass is 336 g/mol. The van der Waals surface area contributed by atoms with Crippen molar-refractivity contribution in [2.75, 3.05) is 40.4 Å². The molecule has 1 aromatic rings. The van der Waals surface area contributed by atoms with Crippen molar-refractivity contribution in [3.05, 3.63) is 17.0 Å². The van der Waals surface area contributed by atoms with Crippen molar-refractivity contribution < 1.29 is 4.74 Å². The molecular formula is C17H32N6O. The molecule has 1 atom stereocenters. The van der Waals surface area contributed by atoms with E-state index in [1.807, 2.05) is 25.7 Å². The van der Waals surface area contributed by atoms with Crippen molar-refractivity contribution in [1.82, 2.24) is 25.3 Å². The highest BCUT2D eigenvalue weighted by Gasteiger charge is 2.24. The van der Waals surface area contributed by atoms with Gasteiger partial charge in [-0.2, -0.15) is 5.10 Å². The van der Waals surface area contributed by atoms with E-state index in [1.54, 1.807) is 7.11 Å². The van der Waals surface area contributed by atoms with Gasteiger partial charge in [0.25, 0.3) is 0 Å². The number of aliphatic imine (C=N–C) groups is 1. The van der Waals surface area contributed by atoms with Crippen molar-refractivity contribution in [2.24, 2.45) is 12.0 Å². The number of likely N-dealkylation sites (tertiary alicyclic amines) is 1. The van der Waals surface area contributed by atoms with E-state index in [-0.39, 0.29) is 0 Å². The number of nitrogens with zero attached hydrogens (tertiary/aromatic N) is 4. The maximum atomic E-state index is 5.20. The van der Waals surface area contributed by atoms with E-state index in [1.165, 1.54) is 24.1 Å². The lowest BCUT2D eigenvalue weighted by Crippen LogP contribution is -2.45. The van der Waals surface area contributed by atoms with Crippen LogP contribution in [0, 0.1) is 13.8 Å². The van der Waals surface area contributed by atoms with Gasteiger partial charge in [0.1, 0.15) is 0 Å². The number of hydrogen-bond acceptors (Lipinski definition) is 4. The molecule has 0 spiro atoms. The third-order valence-electron chi connectivity index (χ3n) is 4.90.